The molecule has 6 nitrogen and oxygen atoms in total. The van der Waals surface area contributed by atoms with Gasteiger partial charge in [0, 0.05) is 32.7 Å². The van der Waals surface area contributed by atoms with Gasteiger partial charge in [0.1, 0.15) is 5.54 Å². The third-order valence-electron chi connectivity index (χ3n) is 2.97. The van der Waals surface area contributed by atoms with Gasteiger partial charge in [0.2, 0.25) is 0 Å². The van der Waals surface area contributed by atoms with Gasteiger partial charge in [0.05, 0.1) is 6.07 Å². The van der Waals surface area contributed by atoms with Crippen molar-refractivity contribution in [3.8, 4) is 6.07 Å². The van der Waals surface area contributed by atoms with Crippen LogP contribution in [0.1, 0.15) is 20.8 Å². The average molecular weight is 260 g/mol. The molecule has 0 aromatic rings. The summed E-state index contributed by atoms with van der Waals surface area (Å²) >= 11 is 0. The maximum Gasteiger partial charge on any atom is 0.279 e. The Labute approximate surface area is 103 Å². The number of piperazine rings is 1. The van der Waals surface area contributed by atoms with Crippen molar-refractivity contribution >= 4 is 10.2 Å². The summed E-state index contributed by atoms with van der Waals surface area (Å²) in [5, 5.41) is 9.02. The minimum atomic E-state index is -3.34. The lowest BCUT2D eigenvalue weighted by Crippen LogP contribution is -2.56. The van der Waals surface area contributed by atoms with Crippen LogP contribution < -0.4 is 4.72 Å². The second-order valence-corrected chi connectivity index (χ2v) is 6.32. The molecule has 0 unspecified atom stereocenters. The minimum Gasteiger partial charge on any atom is -0.283 e. The van der Waals surface area contributed by atoms with Gasteiger partial charge >= 0.3 is 0 Å². The highest BCUT2D eigenvalue weighted by Crippen LogP contribution is 2.16. The van der Waals surface area contributed by atoms with Crippen molar-refractivity contribution in [2.24, 2.45) is 0 Å². The molecule has 98 valence electrons. The summed E-state index contributed by atoms with van der Waals surface area (Å²) in [4.78, 5) is 2.00. The molecular weight excluding hydrogens is 240 g/mol. The molecule has 1 aliphatic heterocycles. The standard InChI is InChI=1S/C10H20N4O2S/c1-4-12-17(15,16)14-7-5-13(6-8-14)10(2,3)9-11/h12H,4-8H2,1-3H3. The van der Waals surface area contributed by atoms with E-state index in [-0.39, 0.29) is 0 Å². The van der Waals surface area contributed by atoms with Crippen LogP contribution in [0.3, 0.4) is 0 Å². The Kier molecular flexibility index (Phi) is 4.49. The monoisotopic (exact) mass is 260 g/mol. The van der Waals surface area contributed by atoms with Crippen LogP contribution in [-0.4, -0.2) is 55.9 Å². The van der Waals surface area contributed by atoms with Crippen molar-refractivity contribution in [2.45, 2.75) is 26.3 Å². The molecule has 1 heterocycles. The van der Waals surface area contributed by atoms with E-state index >= 15 is 0 Å². The number of hydrogen-bond acceptors (Lipinski definition) is 4. The Morgan fingerprint density at radius 3 is 2.24 bits per heavy atom. The zero-order chi connectivity index (χ0) is 13.1. The molecule has 1 aliphatic rings. The lowest BCUT2D eigenvalue weighted by molar-refractivity contribution is 0.115. The van der Waals surface area contributed by atoms with E-state index in [1.54, 1.807) is 6.92 Å². The van der Waals surface area contributed by atoms with Gasteiger partial charge in [-0.15, -0.1) is 0 Å². The molecular formula is C10H20N4O2S. The number of nitriles is 1. The maximum atomic E-state index is 11.7. The van der Waals surface area contributed by atoms with Crippen LogP contribution in [0, 0.1) is 11.3 Å². The predicted molar refractivity (Wildman–Crippen MR) is 65.4 cm³/mol. The molecule has 0 radical (unpaired) electrons. The summed E-state index contributed by atoms with van der Waals surface area (Å²) in [5.74, 6) is 0. The van der Waals surface area contributed by atoms with Crippen LogP contribution in [0.4, 0.5) is 0 Å². The van der Waals surface area contributed by atoms with E-state index < -0.39 is 15.7 Å². The molecule has 1 saturated heterocycles. The van der Waals surface area contributed by atoms with E-state index in [4.69, 9.17) is 5.26 Å². The highest BCUT2D eigenvalue weighted by Gasteiger charge is 2.33. The van der Waals surface area contributed by atoms with Gasteiger partial charge < -0.3 is 0 Å². The molecule has 17 heavy (non-hydrogen) atoms. The van der Waals surface area contributed by atoms with Gasteiger partial charge in [-0.1, -0.05) is 6.92 Å². The Bertz CT molecular complexity index is 391. The Morgan fingerprint density at radius 2 is 1.82 bits per heavy atom. The largest absolute Gasteiger partial charge is 0.283 e. The van der Waals surface area contributed by atoms with Gasteiger partial charge in [-0.05, 0) is 13.8 Å². The first-order chi connectivity index (χ1) is 7.83. The Morgan fingerprint density at radius 1 is 1.29 bits per heavy atom. The molecule has 0 aromatic carbocycles. The molecule has 1 fully saturated rings. The van der Waals surface area contributed by atoms with Crippen LogP contribution in [0.25, 0.3) is 0 Å². The van der Waals surface area contributed by atoms with Gasteiger partial charge in [-0.3, -0.25) is 4.90 Å². The molecule has 0 atom stereocenters. The van der Waals surface area contributed by atoms with Crippen molar-refractivity contribution in [1.82, 2.24) is 13.9 Å². The Balaban J connectivity index is 2.61. The number of rotatable bonds is 4. The molecule has 1 rings (SSSR count). The van der Waals surface area contributed by atoms with E-state index in [2.05, 4.69) is 10.8 Å². The normalized spacial score (nSPS) is 20.1. The summed E-state index contributed by atoms with van der Waals surface area (Å²) in [5.41, 5.74) is -0.534. The van der Waals surface area contributed by atoms with E-state index in [1.165, 1.54) is 4.31 Å². The van der Waals surface area contributed by atoms with E-state index in [9.17, 15) is 8.42 Å². The van der Waals surface area contributed by atoms with E-state index in [1.807, 2.05) is 18.7 Å². The molecule has 0 amide bonds. The lowest BCUT2D eigenvalue weighted by Gasteiger charge is -2.39. The van der Waals surface area contributed by atoms with Crippen LogP contribution >= 0.6 is 0 Å². The number of nitrogens with one attached hydrogen (secondary N) is 1. The summed E-state index contributed by atoms with van der Waals surface area (Å²) in [6.45, 7) is 7.89. The lowest BCUT2D eigenvalue weighted by atomic mass is 10.0. The van der Waals surface area contributed by atoms with Crippen molar-refractivity contribution in [3.63, 3.8) is 0 Å². The fourth-order valence-corrected chi connectivity index (χ4v) is 3.02. The summed E-state index contributed by atoms with van der Waals surface area (Å²) in [6, 6.07) is 2.23. The first kappa shape index (κ1) is 14.4. The topological polar surface area (TPSA) is 76.4 Å². The highest BCUT2D eigenvalue weighted by atomic mass is 32.2. The van der Waals surface area contributed by atoms with Crippen molar-refractivity contribution < 1.29 is 8.42 Å². The smallest absolute Gasteiger partial charge is 0.279 e. The quantitative estimate of drug-likeness (QED) is 0.757. The second-order valence-electron chi connectivity index (χ2n) is 4.56. The molecule has 0 aliphatic carbocycles. The van der Waals surface area contributed by atoms with Gasteiger partial charge in [-0.2, -0.15) is 18.0 Å². The number of nitrogens with zero attached hydrogens (tertiary/aromatic N) is 3. The van der Waals surface area contributed by atoms with Crippen molar-refractivity contribution in [2.75, 3.05) is 32.7 Å². The highest BCUT2D eigenvalue weighted by molar-refractivity contribution is 7.87. The maximum absolute atomic E-state index is 11.7. The summed E-state index contributed by atoms with van der Waals surface area (Å²) < 4.78 is 27.4. The molecule has 0 bridgehead atoms. The van der Waals surface area contributed by atoms with Crippen molar-refractivity contribution in [3.05, 3.63) is 0 Å². The molecule has 0 spiro atoms. The first-order valence-electron chi connectivity index (χ1n) is 5.74. The average Bonchev–Trinajstić information content (AvgIpc) is 2.29. The van der Waals surface area contributed by atoms with Crippen LogP contribution in [-0.2, 0) is 10.2 Å². The third-order valence-corrected chi connectivity index (χ3v) is 4.67. The van der Waals surface area contributed by atoms with Crippen LogP contribution in [0.15, 0.2) is 0 Å². The van der Waals surface area contributed by atoms with Crippen LogP contribution in [0.2, 0.25) is 0 Å². The van der Waals surface area contributed by atoms with Gasteiger partial charge in [0.15, 0.2) is 0 Å². The number of hydrogen-bond donors (Lipinski definition) is 1. The zero-order valence-corrected chi connectivity index (χ0v) is 11.4. The molecule has 7 heteroatoms. The van der Waals surface area contributed by atoms with E-state index in [0.29, 0.717) is 32.7 Å². The van der Waals surface area contributed by atoms with Gasteiger partial charge in [0.25, 0.3) is 10.2 Å². The predicted octanol–water partition coefficient (Wildman–Crippen LogP) is -0.240. The van der Waals surface area contributed by atoms with Crippen LogP contribution in [0.5, 0.6) is 0 Å². The summed E-state index contributed by atoms with van der Waals surface area (Å²) in [7, 11) is -3.34. The first-order valence-corrected chi connectivity index (χ1v) is 7.18. The van der Waals surface area contributed by atoms with Crippen molar-refractivity contribution in [1.29, 1.82) is 5.26 Å². The fraction of sp³-hybridized carbons (Fsp3) is 0.900. The molecule has 0 saturated carbocycles. The molecule has 0 aromatic heterocycles. The summed E-state index contributed by atoms with van der Waals surface area (Å²) in [6.07, 6.45) is 0. The Hall–Kier alpha value is -0.680. The minimum absolute atomic E-state index is 0.395. The third kappa shape index (κ3) is 3.39. The SMILES string of the molecule is CCNS(=O)(=O)N1CCN(C(C)(C)C#N)CC1. The molecule has 1 N–H and O–H groups in total. The van der Waals surface area contributed by atoms with Gasteiger partial charge in [-0.25, -0.2) is 4.72 Å². The fourth-order valence-electron chi connectivity index (χ4n) is 1.83. The zero-order valence-electron chi connectivity index (χ0n) is 10.6. The second kappa shape index (κ2) is 5.31. The van der Waals surface area contributed by atoms with E-state index in [0.717, 1.165) is 0 Å².